The van der Waals surface area contributed by atoms with Gasteiger partial charge in [-0.1, -0.05) is 23.5 Å². The van der Waals surface area contributed by atoms with Crippen molar-refractivity contribution < 1.29 is 4.74 Å². The number of nitrogens with one attached hydrogen (secondary N) is 1. The number of benzene rings is 1. The molecule has 1 N–H and O–H groups in total. The maximum atomic E-state index is 5.42. The van der Waals surface area contributed by atoms with Crippen molar-refractivity contribution in [1.29, 1.82) is 0 Å². The van der Waals surface area contributed by atoms with Gasteiger partial charge in [-0.3, -0.25) is 0 Å². The van der Waals surface area contributed by atoms with Crippen molar-refractivity contribution in [1.82, 2.24) is 4.98 Å². The fraction of sp³-hybridized carbons (Fsp3) is 0.462. The predicted octanol–water partition coefficient (Wildman–Crippen LogP) is 3.13. The standard InChI is InChI=1S/C13H16N2OS/c1-9(10-6-7-16-8-10)14-13-15-11-4-2-3-5-12(11)17-13/h2-5,9-10H,6-8H2,1H3,(H,14,15). The first-order valence-electron chi connectivity index (χ1n) is 6.03. The highest BCUT2D eigenvalue weighted by atomic mass is 32.1. The first-order valence-corrected chi connectivity index (χ1v) is 6.84. The van der Waals surface area contributed by atoms with Crippen LogP contribution < -0.4 is 5.32 Å². The highest BCUT2D eigenvalue weighted by Crippen LogP contribution is 2.27. The normalized spacial score (nSPS) is 21.8. The molecule has 1 aromatic heterocycles. The third-order valence-electron chi connectivity index (χ3n) is 3.32. The van der Waals surface area contributed by atoms with Crippen LogP contribution in [0, 0.1) is 5.92 Å². The van der Waals surface area contributed by atoms with Crippen LogP contribution in [0.2, 0.25) is 0 Å². The largest absolute Gasteiger partial charge is 0.381 e. The fourth-order valence-electron chi connectivity index (χ4n) is 2.19. The van der Waals surface area contributed by atoms with Crippen molar-refractivity contribution in [3.05, 3.63) is 24.3 Å². The van der Waals surface area contributed by atoms with Crippen LogP contribution in [0.4, 0.5) is 5.13 Å². The number of hydrogen-bond donors (Lipinski definition) is 1. The van der Waals surface area contributed by atoms with Crippen LogP contribution in [0.25, 0.3) is 10.2 Å². The minimum Gasteiger partial charge on any atom is -0.381 e. The van der Waals surface area contributed by atoms with Gasteiger partial charge >= 0.3 is 0 Å². The molecule has 3 rings (SSSR count). The lowest BCUT2D eigenvalue weighted by molar-refractivity contribution is 0.183. The van der Waals surface area contributed by atoms with Gasteiger partial charge in [0.25, 0.3) is 0 Å². The summed E-state index contributed by atoms with van der Waals surface area (Å²) in [6.45, 7) is 3.99. The van der Waals surface area contributed by atoms with Crippen molar-refractivity contribution in [3.8, 4) is 0 Å². The topological polar surface area (TPSA) is 34.2 Å². The Hall–Kier alpha value is -1.13. The molecule has 3 nitrogen and oxygen atoms in total. The number of rotatable bonds is 3. The van der Waals surface area contributed by atoms with Gasteiger partial charge in [-0.25, -0.2) is 4.98 Å². The average molecular weight is 248 g/mol. The van der Waals surface area contributed by atoms with E-state index in [-0.39, 0.29) is 0 Å². The highest BCUT2D eigenvalue weighted by Gasteiger charge is 2.22. The van der Waals surface area contributed by atoms with E-state index in [9.17, 15) is 0 Å². The Kier molecular flexibility index (Phi) is 2.99. The minimum absolute atomic E-state index is 0.429. The Morgan fingerprint density at radius 2 is 2.35 bits per heavy atom. The van der Waals surface area contributed by atoms with E-state index < -0.39 is 0 Å². The summed E-state index contributed by atoms with van der Waals surface area (Å²) in [4.78, 5) is 4.59. The Morgan fingerprint density at radius 1 is 1.47 bits per heavy atom. The molecule has 0 aliphatic carbocycles. The summed E-state index contributed by atoms with van der Waals surface area (Å²) < 4.78 is 6.66. The van der Waals surface area contributed by atoms with Crippen LogP contribution in [0.15, 0.2) is 24.3 Å². The van der Waals surface area contributed by atoms with E-state index in [1.807, 2.05) is 6.07 Å². The second-order valence-corrected chi connectivity index (χ2v) is 5.57. The molecule has 0 saturated carbocycles. The molecule has 1 aromatic carbocycles. The van der Waals surface area contributed by atoms with Crippen LogP contribution in [0.5, 0.6) is 0 Å². The lowest BCUT2D eigenvalue weighted by atomic mass is 10.0. The fourth-order valence-corrected chi connectivity index (χ4v) is 3.16. The van der Waals surface area contributed by atoms with E-state index in [1.54, 1.807) is 11.3 Å². The smallest absolute Gasteiger partial charge is 0.184 e. The molecule has 17 heavy (non-hydrogen) atoms. The zero-order valence-corrected chi connectivity index (χ0v) is 10.7. The SMILES string of the molecule is CC(Nc1nc2ccccc2s1)C1CCOC1. The maximum Gasteiger partial charge on any atom is 0.184 e. The van der Waals surface area contributed by atoms with Crippen molar-refractivity contribution in [2.75, 3.05) is 18.5 Å². The quantitative estimate of drug-likeness (QED) is 0.906. The third kappa shape index (κ3) is 2.28. The summed E-state index contributed by atoms with van der Waals surface area (Å²) >= 11 is 1.72. The molecule has 2 heterocycles. The Labute approximate surface area is 105 Å². The van der Waals surface area contributed by atoms with Gasteiger partial charge in [0.15, 0.2) is 5.13 Å². The van der Waals surface area contributed by atoms with E-state index in [1.165, 1.54) is 4.70 Å². The zero-order chi connectivity index (χ0) is 11.7. The van der Waals surface area contributed by atoms with Crippen LogP contribution >= 0.6 is 11.3 Å². The van der Waals surface area contributed by atoms with Gasteiger partial charge in [0.1, 0.15) is 0 Å². The van der Waals surface area contributed by atoms with Crippen LogP contribution in [0.3, 0.4) is 0 Å². The number of para-hydroxylation sites is 1. The predicted molar refractivity (Wildman–Crippen MR) is 71.6 cm³/mol. The maximum absolute atomic E-state index is 5.42. The van der Waals surface area contributed by atoms with Gasteiger partial charge in [0.2, 0.25) is 0 Å². The number of thiazole rings is 1. The average Bonchev–Trinajstić information content (AvgIpc) is 2.97. The number of fused-ring (bicyclic) bond motifs is 1. The zero-order valence-electron chi connectivity index (χ0n) is 9.85. The monoisotopic (exact) mass is 248 g/mol. The van der Waals surface area contributed by atoms with Gasteiger partial charge in [0, 0.05) is 18.6 Å². The minimum atomic E-state index is 0.429. The van der Waals surface area contributed by atoms with Crippen LogP contribution in [-0.2, 0) is 4.74 Å². The number of nitrogens with zero attached hydrogens (tertiary/aromatic N) is 1. The molecule has 0 amide bonds. The van der Waals surface area contributed by atoms with Crippen molar-refractivity contribution in [2.24, 2.45) is 5.92 Å². The van der Waals surface area contributed by atoms with Crippen molar-refractivity contribution in [2.45, 2.75) is 19.4 Å². The van der Waals surface area contributed by atoms with E-state index in [4.69, 9.17) is 4.74 Å². The molecule has 2 unspecified atom stereocenters. The molecule has 1 aliphatic rings. The molecule has 1 saturated heterocycles. The van der Waals surface area contributed by atoms with E-state index >= 15 is 0 Å². The molecule has 2 aromatic rings. The van der Waals surface area contributed by atoms with Gasteiger partial charge in [0.05, 0.1) is 16.8 Å². The van der Waals surface area contributed by atoms with Gasteiger partial charge in [-0.2, -0.15) is 0 Å². The number of aromatic nitrogens is 1. The molecule has 90 valence electrons. The lowest BCUT2D eigenvalue weighted by Gasteiger charge is -2.18. The van der Waals surface area contributed by atoms with Gasteiger partial charge < -0.3 is 10.1 Å². The molecule has 0 bridgehead atoms. The summed E-state index contributed by atoms with van der Waals surface area (Å²) in [5.41, 5.74) is 1.08. The molecule has 1 fully saturated rings. The molecule has 2 atom stereocenters. The van der Waals surface area contributed by atoms with Crippen molar-refractivity contribution >= 4 is 26.7 Å². The molecule has 0 spiro atoms. The van der Waals surface area contributed by atoms with Crippen molar-refractivity contribution in [3.63, 3.8) is 0 Å². The van der Waals surface area contributed by atoms with Gasteiger partial charge in [-0.05, 0) is 25.5 Å². The first-order chi connectivity index (χ1) is 8.33. The molecular formula is C13H16N2OS. The Bertz CT molecular complexity index is 472. The number of ether oxygens (including phenoxy) is 1. The Balaban J connectivity index is 1.75. The highest BCUT2D eigenvalue weighted by molar-refractivity contribution is 7.22. The third-order valence-corrected chi connectivity index (χ3v) is 4.28. The summed E-state index contributed by atoms with van der Waals surface area (Å²) in [6.07, 6.45) is 1.15. The van der Waals surface area contributed by atoms with Crippen LogP contribution in [0.1, 0.15) is 13.3 Å². The summed E-state index contributed by atoms with van der Waals surface area (Å²) in [5.74, 6) is 0.613. The van der Waals surface area contributed by atoms with E-state index in [0.29, 0.717) is 12.0 Å². The molecule has 0 radical (unpaired) electrons. The summed E-state index contributed by atoms with van der Waals surface area (Å²) in [5, 5.41) is 4.52. The lowest BCUT2D eigenvalue weighted by Crippen LogP contribution is -2.25. The van der Waals surface area contributed by atoms with E-state index in [0.717, 1.165) is 30.3 Å². The summed E-state index contributed by atoms with van der Waals surface area (Å²) in [7, 11) is 0. The molecular weight excluding hydrogens is 232 g/mol. The second kappa shape index (κ2) is 4.63. The molecule has 4 heteroatoms. The molecule has 1 aliphatic heterocycles. The number of anilines is 1. The first kappa shape index (κ1) is 11.0. The van der Waals surface area contributed by atoms with Gasteiger partial charge in [-0.15, -0.1) is 0 Å². The Morgan fingerprint density at radius 3 is 3.12 bits per heavy atom. The van der Waals surface area contributed by atoms with E-state index in [2.05, 4.69) is 35.4 Å². The van der Waals surface area contributed by atoms with Crippen LogP contribution in [-0.4, -0.2) is 24.2 Å². The second-order valence-electron chi connectivity index (χ2n) is 4.54. The number of hydrogen-bond acceptors (Lipinski definition) is 4. The summed E-state index contributed by atoms with van der Waals surface area (Å²) in [6, 6.07) is 8.68.